The van der Waals surface area contributed by atoms with Gasteiger partial charge in [-0.2, -0.15) is 0 Å². The van der Waals surface area contributed by atoms with E-state index in [-0.39, 0.29) is 11.3 Å². The first kappa shape index (κ1) is 13.5. The molecule has 4 heteroatoms. The van der Waals surface area contributed by atoms with E-state index in [0.717, 1.165) is 26.9 Å². The Morgan fingerprint density at radius 1 is 0.783 bits per heavy atom. The Bertz CT molecular complexity index is 1090. The van der Waals surface area contributed by atoms with E-state index in [9.17, 15) is 9.90 Å². The topological polar surface area (TPSA) is 69.6 Å². The Balaban J connectivity index is 2.06. The highest BCUT2D eigenvalue weighted by Crippen LogP contribution is 2.33. The lowest BCUT2D eigenvalue weighted by molar-refractivity contribution is 0.0703. The van der Waals surface area contributed by atoms with E-state index in [0.29, 0.717) is 5.39 Å². The van der Waals surface area contributed by atoms with E-state index in [2.05, 4.69) is 18.2 Å². The molecule has 0 unspecified atom stereocenters. The van der Waals surface area contributed by atoms with Crippen molar-refractivity contribution < 1.29 is 15.1 Å². The number of hydrogen-bond donors (Lipinski definition) is 3. The number of carbonyl (C=O) groups excluding carboxylic acids is 1. The molecule has 23 heavy (non-hydrogen) atoms. The molecule has 0 radical (unpaired) electrons. The maximum atomic E-state index is 11.6. The molecule has 0 saturated heterocycles. The van der Waals surface area contributed by atoms with Crippen LogP contribution in [0.3, 0.4) is 0 Å². The molecule has 0 aromatic heterocycles. The van der Waals surface area contributed by atoms with Crippen molar-refractivity contribution in [2.45, 2.75) is 0 Å². The van der Waals surface area contributed by atoms with Crippen LogP contribution in [0.5, 0.6) is 5.75 Å². The molecule has 0 saturated carbocycles. The summed E-state index contributed by atoms with van der Waals surface area (Å²) in [5, 5.41) is 24.8. The summed E-state index contributed by atoms with van der Waals surface area (Å²) in [6.45, 7) is 0. The number of aromatic hydroxyl groups is 1. The van der Waals surface area contributed by atoms with Gasteiger partial charge in [0, 0.05) is 5.39 Å². The molecule has 112 valence electrons. The molecular weight excluding hydrogens is 290 g/mol. The number of phenols is 1. The molecule has 0 aliphatic rings. The van der Waals surface area contributed by atoms with Crippen molar-refractivity contribution >= 4 is 38.2 Å². The maximum Gasteiger partial charge on any atom is 0.278 e. The highest BCUT2D eigenvalue weighted by molar-refractivity contribution is 6.09. The van der Waals surface area contributed by atoms with Crippen molar-refractivity contribution in [2.75, 3.05) is 0 Å². The van der Waals surface area contributed by atoms with Gasteiger partial charge >= 0.3 is 0 Å². The standard InChI is InChI=1S/C19H13NO3/c21-18-16(19(22)20-23)6-5-13-9-14-7-11-3-1-2-4-12(11)8-15(14)10-17(13)18/h1-10,21,23H,(H,20,22). The van der Waals surface area contributed by atoms with E-state index in [1.165, 1.54) is 6.07 Å². The molecule has 0 aliphatic carbocycles. The fourth-order valence-electron chi connectivity index (χ4n) is 2.99. The van der Waals surface area contributed by atoms with E-state index < -0.39 is 5.91 Å². The Morgan fingerprint density at radius 3 is 2.04 bits per heavy atom. The van der Waals surface area contributed by atoms with Crippen molar-refractivity contribution in [1.82, 2.24) is 5.48 Å². The fourth-order valence-corrected chi connectivity index (χ4v) is 2.99. The minimum absolute atomic E-state index is 0.0418. The van der Waals surface area contributed by atoms with Crippen LogP contribution in [0, 0.1) is 0 Å². The van der Waals surface area contributed by atoms with Crippen LogP contribution in [0.4, 0.5) is 0 Å². The van der Waals surface area contributed by atoms with Crippen molar-refractivity contribution in [1.29, 1.82) is 0 Å². The highest BCUT2D eigenvalue weighted by atomic mass is 16.5. The first-order chi connectivity index (χ1) is 11.2. The van der Waals surface area contributed by atoms with Gasteiger partial charge in [0.15, 0.2) is 0 Å². The second-order valence-corrected chi connectivity index (χ2v) is 5.52. The van der Waals surface area contributed by atoms with Crippen LogP contribution in [-0.4, -0.2) is 16.2 Å². The molecule has 4 rings (SSSR count). The van der Waals surface area contributed by atoms with Crippen LogP contribution in [0.2, 0.25) is 0 Å². The molecule has 0 atom stereocenters. The molecule has 0 bridgehead atoms. The zero-order valence-electron chi connectivity index (χ0n) is 12.1. The number of hydroxylamine groups is 1. The van der Waals surface area contributed by atoms with Crippen LogP contribution in [0.1, 0.15) is 10.4 Å². The summed E-state index contributed by atoms with van der Waals surface area (Å²) in [7, 11) is 0. The number of carbonyl (C=O) groups is 1. The van der Waals surface area contributed by atoms with E-state index in [1.54, 1.807) is 11.5 Å². The van der Waals surface area contributed by atoms with Gasteiger partial charge in [-0.1, -0.05) is 30.3 Å². The smallest absolute Gasteiger partial charge is 0.278 e. The van der Waals surface area contributed by atoms with Crippen LogP contribution in [0.25, 0.3) is 32.3 Å². The van der Waals surface area contributed by atoms with Crippen molar-refractivity contribution in [3.63, 3.8) is 0 Å². The first-order valence-electron chi connectivity index (χ1n) is 7.20. The lowest BCUT2D eigenvalue weighted by Crippen LogP contribution is -2.18. The number of fused-ring (bicyclic) bond motifs is 3. The van der Waals surface area contributed by atoms with E-state index in [1.807, 2.05) is 30.3 Å². The zero-order valence-corrected chi connectivity index (χ0v) is 12.1. The molecule has 4 aromatic rings. The Hall–Kier alpha value is -3.11. The largest absolute Gasteiger partial charge is 0.506 e. The van der Waals surface area contributed by atoms with Gasteiger partial charge in [0.2, 0.25) is 0 Å². The minimum atomic E-state index is -0.733. The van der Waals surface area contributed by atoms with Crippen molar-refractivity contribution in [3.8, 4) is 5.75 Å². The van der Waals surface area contributed by atoms with Crippen molar-refractivity contribution in [3.05, 3.63) is 66.2 Å². The van der Waals surface area contributed by atoms with Gasteiger partial charge < -0.3 is 5.11 Å². The Morgan fingerprint density at radius 2 is 1.39 bits per heavy atom. The molecule has 0 fully saturated rings. The quantitative estimate of drug-likeness (QED) is 0.283. The predicted octanol–water partition coefficient (Wildman–Crippen LogP) is 3.97. The average molecular weight is 303 g/mol. The van der Waals surface area contributed by atoms with E-state index in [4.69, 9.17) is 5.21 Å². The highest BCUT2D eigenvalue weighted by Gasteiger charge is 2.13. The summed E-state index contributed by atoms with van der Waals surface area (Å²) < 4.78 is 0. The number of phenolic OH excluding ortho intramolecular Hbond substituents is 1. The summed E-state index contributed by atoms with van der Waals surface area (Å²) in [5.74, 6) is -0.868. The van der Waals surface area contributed by atoms with Gasteiger partial charge in [0.05, 0.1) is 5.56 Å². The van der Waals surface area contributed by atoms with Crippen LogP contribution >= 0.6 is 0 Å². The second-order valence-electron chi connectivity index (χ2n) is 5.52. The first-order valence-corrected chi connectivity index (χ1v) is 7.20. The van der Waals surface area contributed by atoms with Crippen molar-refractivity contribution in [2.24, 2.45) is 0 Å². The normalized spacial score (nSPS) is 11.2. The fraction of sp³-hybridized carbons (Fsp3) is 0. The zero-order chi connectivity index (χ0) is 16.0. The second kappa shape index (κ2) is 4.97. The third-order valence-electron chi connectivity index (χ3n) is 4.16. The summed E-state index contributed by atoms with van der Waals surface area (Å²) in [5.41, 5.74) is 1.59. The minimum Gasteiger partial charge on any atom is -0.506 e. The number of amides is 1. The molecule has 4 nitrogen and oxygen atoms in total. The summed E-state index contributed by atoms with van der Waals surface area (Å²) in [4.78, 5) is 11.6. The summed E-state index contributed by atoms with van der Waals surface area (Å²) in [6, 6.07) is 19.3. The molecule has 0 aliphatic heterocycles. The Labute approximate surface area is 131 Å². The number of benzene rings is 4. The average Bonchev–Trinajstić information content (AvgIpc) is 2.58. The van der Waals surface area contributed by atoms with Gasteiger partial charge in [-0.25, -0.2) is 5.48 Å². The van der Waals surface area contributed by atoms with Gasteiger partial charge in [0.25, 0.3) is 5.91 Å². The molecule has 0 heterocycles. The monoisotopic (exact) mass is 303 g/mol. The summed E-state index contributed by atoms with van der Waals surface area (Å²) >= 11 is 0. The third kappa shape index (κ3) is 2.08. The number of hydrogen-bond acceptors (Lipinski definition) is 3. The lowest BCUT2D eigenvalue weighted by atomic mass is 9.98. The number of rotatable bonds is 1. The van der Waals surface area contributed by atoms with Gasteiger partial charge in [-0.3, -0.25) is 10.0 Å². The molecule has 1 amide bonds. The predicted molar refractivity (Wildman–Crippen MR) is 89.9 cm³/mol. The summed E-state index contributed by atoms with van der Waals surface area (Å²) in [6.07, 6.45) is 0. The SMILES string of the molecule is O=C(NO)c1ccc2cc3cc4ccccc4cc3cc2c1O. The Kier molecular flexibility index (Phi) is 2.93. The third-order valence-corrected chi connectivity index (χ3v) is 4.16. The van der Waals surface area contributed by atoms with Crippen LogP contribution in [0.15, 0.2) is 60.7 Å². The van der Waals surface area contributed by atoms with Gasteiger partial charge in [0.1, 0.15) is 5.75 Å². The molecule has 0 spiro atoms. The van der Waals surface area contributed by atoms with E-state index >= 15 is 0 Å². The van der Waals surface area contributed by atoms with Gasteiger partial charge in [-0.05, 0) is 57.3 Å². The van der Waals surface area contributed by atoms with Crippen LogP contribution < -0.4 is 5.48 Å². The molecular formula is C19H13NO3. The molecule has 3 N–H and O–H groups in total. The molecule has 4 aromatic carbocycles. The lowest BCUT2D eigenvalue weighted by Gasteiger charge is -2.09. The number of nitrogens with one attached hydrogen (secondary N) is 1. The van der Waals surface area contributed by atoms with Crippen LogP contribution in [-0.2, 0) is 0 Å². The van der Waals surface area contributed by atoms with Gasteiger partial charge in [-0.15, -0.1) is 0 Å². The maximum absolute atomic E-state index is 11.6.